The van der Waals surface area contributed by atoms with Gasteiger partial charge in [0.05, 0.1) is 12.2 Å². The fourth-order valence-electron chi connectivity index (χ4n) is 1.21. The van der Waals surface area contributed by atoms with Gasteiger partial charge in [0.2, 0.25) is 0 Å². The minimum Gasteiger partial charge on any atom is -0.477 e. The third-order valence-electron chi connectivity index (χ3n) is 1.82. The van der Waals surface area contributed by atoms with Crippen molar-refractivity contribution in [2.24, 2.45) is 0 Å². The van der Waals surface area contributed by atoms with E-state index in [0.29, 0.717) is 6.54 Å². The molecule has 2 aromatic rings. The number of carboxylic acid groups (broad SMARTS) is 1. The van der Waals surface area contributed by atoms with Crippen LogP contribution in [0, 0.1) is 0 Å². The van der Waals surface area contributed by atoms with Crippen molar-refractivity contribution in [3.63, 3.8) is 0 Å². The summed E-state index contributed by atoms with van der Waals surface area (Å²) in [6.07, 6.45) is 1.71. The lowest BCUT2D eigenvalue weighted by molar-refractivity contribution is 0.0685. The Bertz CT molecular complexity index is 480. The van der Waals surface area contributed by atoms with E-state index in [0.717, 1.165) is 10.2 Å². The molecule has 0 spiro atoms. The molecule has 0 radical (unpaired) electrons. The molecule has 0 amide bonds. The zero-order valence-electron chi connectivity index (χ0n) is 7.42. The van der Waals surface area contributed by atoms with Crippen LogP contribution >= 0.6 is 27.5 Å². The van der Waals surface area contributed by atoms with Crippen LogP contribution in [-0.4, -0.2) is 25.2 Å². The van der Waals surface area contributed by atoms with E-state index in [4.69, 9.17) is 5.11 Å². The van der Waals surface area contributed by atoms with Gasteiger partial charge in [-0.15, -0.1) is 5.10 Å². The van der Waals surface area contributed by atoms with Crippen LogP contribution in [-0.2, 0) is 6.54 Å². The van der Waals surface area contributed by atoms with Gasteiger partial charge in [-0.05, 0) is 33.5 Å². The molecule has 7 heteroatoms. The Hall–Kier alpha value is -1.21. The molecule has 78 valence electrons. The van der Waals surface area contributed by atoms with Crippen molar-refractivity contribution in [1.29, 1.82) is 0 Å². The molecule has 0 saturated heterocycles. The van der Waals surface area contributed by atoms with Crippen LogP contribution in [0.2, 0.25) is 0 Å². The third kappa shape index (κ3) is 2.24. The SMILES string of the molecule is O=C(O)c1cc(Br)cn1Cc1csnn1. The monoisotopic (exact) mass is 287 g/mol. The Morgan fingerprint density at radius 3 is 3.07 bits per heavy atom. The summed E-state index contributed by atoms with van der Waals surface area (Å²) in [6, 6.07) is 1.56. The molecular weight excluding hydrogens is 282 g/mol. The van der Waals surface area contributed by atoms with Gasteiger partial charge in [0, 0.05) is 16.0 Å². The van der Waals surface area contributed by atoms with Crippen molar-refractivity contribution in [2.75, 3.05) is 0 Å². The number of nitrogens with zero attached hydrogens (tertiary/aromatic N) is 3. The van der Waals surface area contributed by atoms with Crippen LogP contribution in [0.15, 0.2) is 22.1 Å². The second-order valence-corrected chi connectivity index (χ2v) is 4.40. The molecule has 0 aliphatic heterocycles. The summed E-state index contributed by atoms with van der Waals surface area (Å²) in [6.45, 7) is 0.420. The van der Waals surface area contributed by atoms with Crippen LogP contribution in [0.1, 0.15) is 16.2 Å². The summed E-state index contributed by atoms with van der Waals surface area (Å²) in [5.41, 5.74) is 0.987. The lowest BCUT2D eigenvalue weighted by Crippen LogP contribution is -2.08. The van der Waals surface area contributed by atoms with Gasteiger partial charge in [-0.2, -0.15) is 0 Å². The molecule has 0 atom stereocenters. The number of hydrogen-bond acceptors (Lipinski definition) is 4. The van der Waals surface area contributed by atoms with Crippen molar-refractivity contribution in [2.45, 2.75) is 6.54 Å². The molecule has 2 heterocycles. The number of aromatic carboxylic acids is 1. The maximum Gasteiger partial charge on any atom is 0.352 e. The number of carboxylic acids is 1. The lowest BCUT2D eigenvalue weighted by atomic mass is 10.4. The van der Waals surface area contributed by atoms with E-state index in [1.54, 1.807) is 22.2 Å². The van der Waals surface area contributed by atoms with Gasteiger partial charge in [-0.1, -0.05) is 4.49 Å². The highest BCUT2D eigenvalue weighted by molar-refractivity contribution is 9.10. The fourth-order valence-corrected chi connectivity index (χ4v) is 2.12. The molecule has 1 N–H and O–H groups in total. The average molecular weight is 288 g/mol. The summed E-state index contributed by atoms with van der Waals surface area (Å²) in [4.78, 5) is 10.9. The van der Waals surface area contributed by atoms with Crippen molar-refractivity contribution in [3.05, 3.63) is 33.5 Å². The standard InChI is InChI=1S/C8H6BrN3O2S/c9-5-1-7(8(13)14)12(2-5)3-6-4-15-11-10-6/h1-2,4H,3H2,(H,13,14). The van der Waals surface area contributed by atoms with Crippen LogP contribution < -0.4 is 0 Å². The molecule has 2 rings (SSSR count). The van der Waals surface area contributed by atoms with E-state index in [1.165, 1.54) is 11.5 Å². The average Bonchev–Trinajstić information content (AvgIpc) is 2.75. The number of hydrogen-bond donors (Lipinski definition) is 1. The smallest absolute Gasteiger partial charge is 0.352 e. The highest BCUT2D eigenvalue weighted by Crippen LogP contribution is 2.16. The molecule has 0 aromatic carbocycles. The molecule has 0 aliphatic rings. The zero-order chi connectivity index (χ0) is 10.8. The normalized spacial score (nSPS) is 10.5. The van der Waals surface area contributed by atoms with E-state index in [2.05, 4.69) is 25.5 Å². The molecule has 0 saturated carbocycles. The van der Waals surface area contributed by atoms with E-state index in [1.807, 2.05) is 0 Å². The topological polar surface area (TPSA) is 68.0 Å². The van der Waals surface area contributed by atoms with Gasteiger partial charge in [-0.3, -0.25) is 0 Å². The Kier molecular flexibility index (Phi) is 2.83. The molecule has 0 fully saturated rings. The third-order valence-corrected chi connectivity index (χ3v) is 2.81. The summed E-state index contributed by atoms with van der Waals surface area (Å²) >= 11 is 4.48. The highest BCUT2D eigenvalue weighted by atomic mass is 79.9. The highest BCUT2D eigenvalue weighted by Gasteiger charge is 2.12. The quantitative estimate of drug-likeness (QED) is 0.935. The predicted molar refractivity (Wildman–Crippen MR) is 58.1 cm³/mol. The first-order valence-corrected chi connectivity index (χ1v) is 5.64. The maximum absolute atomic E-state index is 10.9. The maximum atomic E-state index is 10.9. The van der Waals surface area contributed by atoms with Crippen LogP contribution in [0.5, 0.6) is 0 Å². The number of rotatable bonds is 3. The molecular formula is C8H6BrN3O2S. The van der Waals surface area contributed by atoms with E-state index in [9.17, 15) is 4.79 Å². The molecule has 5 nitrogen and oxygen atoms in total. The van der Waals surface area contributed by atoms with Gasteiger partial charge < -0.3 is 9.67 Å². The zero-order valence-corrected chi connectivity index (χ0v) is 9.82. The largest absolute Gasteiger partial charge is 0.477 e. The second-order valence-electron chi connectivity index (χ2n) is 2.87. The summed E-state index contributed by atoms with van der Waals surface area (Å²) in [5, 5.41) is 14.6. The van der Waals surface area contributed by atoms with Crippen LogP contribution in [0.4, 0.5) is 0 Å². The van der Waals surface area contributed by atoms with Gasteiger partial charge >= 0.3 is 5.97 Å². The Morgan fingerprint density at radius 2 is 2.47 bits per heavy atom. The Labute approximate surface area is 97.7 Å². The second kappa shape index (κ2) is 4.11. The molecule has 0 unspecified atom stereocenters. The minimum absolute atomic E-state index is 0.231. The van der Waals surface area contributed by atoms with Crippen molar-refractivity contribution in [1.82, 2.24) is 14.2 Å². The molecule has 2 aromatic heterocycles. The Balaban J connectivity index is 2.31. The summed E-state index contributed by atoms with van der Waals surface area (Å²) in [7, 11) is 0. The lowest BCUT2D eigenvalue weighted by Gasteiger charge is -2.02. The number of carbonyl (C=O) groups is 1. The minimum atomic E-state index is -0.955. The Morgan fingerprint density at radius 1 is 1.67 bits per heavy atom. The van der Waals surface area contributed by atoms with Gasteiger partial charge in [0.1, 0.15) is 5.69 Å². The van der Waals surface area contributed by atoms with E-state index >= 15 is 0 Å². The fraction of sp³-hybridized carbons (Fsp3) is 0.125. The summed E-state index contributed by atoms with van der Waals surface area (Å²) in [5.74, 6) is -0.955. The molecule has 0 aliphatic carbocycles. The summed E-state index contributed by atoms with van der Waals surface area (Å²) < 4.78 is 6.07. The van der Waals surface area contributed by atoms with E-state index < -0.39 is 5.97 Å². The first kappa shape index (κ1) is 10.3. The first-order chi connectivity index (χ1) is 7.16. The van der Waals surface area contributed by atoms with Gasteiger partial charge in [-0.25, -0.2) is 4.79 Å². The van der Waals surface area contributed by atoms with Gasteiger partial charge in [0.25, 0.3) is 0 Å². The predicted octanol–water partition coefficient (Wildman–Crippen LogP) is 1.85. The van der Waals surface area contributed by atoms with Crippen LogP contribution in [0.3, 0.4) is 0 Å². The molecule has 15 heavy (non-hydrogen) atoms. The van der Waals surface area contributed by atoms with Crippen LogP contribution in [0.25, 0.3) is 0 Å². The van der Waals surface area contributed by atoms with Crippen molar-refractivity contribution in [3.8, 4) is 0 Å². The van der Waals surface area contributed by atoms with Gasteiger partial charge in [0.15, 0.2) is 0 Å². The first-order valence-electron chi connectivity index (χ1n) is 4.01. The number of halogens is 1. The van der Waals surface area contributed by atoms with Crippen molar-refractivity contribution >= 4 is 33.4 Å². The number of aromatic nitrogens is 3. The molecule has 0 bridgehead atoms. The van der Waals surface area contributed by atoms with Crippen molar-refractivity contribution < 1.29 is 9.90 Å². The van der Waals surface area contributed by atoms with E-state index in [-0.39, 0.29) is 5.69 Å².